The van der Waals surface area contributed by atoms with Gasteiger partial charge in [0.25, 0.3) is 0 Å². The summed E-state index contributed by atoms with van der Waals surface area (Å²) in [5.74, 6) is 1.94. The van der Waals surface area contributed by atoms with Gasteiger partial charge < -0.3 is 10.5 Å². The van der Waals surface area contributed by atoms with Crippen molar-refractivity contribution in [3.05, 3.63) is 48.5 Å². The summed E-state index contributed by atoms with van der Waals surface area (Å²) in [6, 6.07) is 10.1. The summed E-state index contributed by atoms with van der Waals surface area (Å²) in [4.78, 5) is 4.93. The number of nitrogens with zero attached hydrogens (tertiary/aromatic N) is 5. The smallest absolute Gasteiger partial charge is 0.181 e. The van der Waals surface area contributed by atoms with Gasteiger partial charge >= 0.3 is 0 Å². The van der Waals surface area contributed by atoms with E-state index in [4.69, 9.17) is 20.6 Å². The second-order valence-electron chi connectivity index (χ2n) is 7.53. The first-order chi connectivity index (χ1) is 13.7. The van der Waals surface area contributed by atoms with Crippen LogP contribution in [0.25, 0.3) is 17.1 Å². The maximum atomic E-state index is 6.46. The molecule has 0 radical (unpaired) electrons. The molecule has 3 atom stereocenters. The van der Waals surface area contributed by atoms with Crippen molar-refractivity contribution < 1.29 is 4.74 Å². The van der Waals surface area contributed by atoms with E-state index in [1.807, 2.05) is 54.5 Å². The van der Waals surface area contributed by atoms with Crippen LogP contribution in [0.2, 0.25) is 0 Å². The first kappa shape index (κ1) is 18.8. The summed E-state index contributed by atoms with van der Waals surface area (Å²) in [7, 11) is 1.91. The summed E-state index contributed by atoms with van der Waals surface area (Å²) < 4.78 is 9.65. The average molecular weight is 380 g/mol. The number of aromatic nitrogens is 5. The highest BCUT2D eigenvalue weighted by molar-refractivity contribution is 5.54. The fourth-order valence-electron chi connectivity index (χ4n) is 3.89. The predicted molar refractivity (Wildman–Crippen MR) is 108 cm³/mol. The molecule has 0 amide bonds. The van der Waals surface area contributed by atoms with E-state index in [0.717, 1.165) is 55.2 Å². The van der Waals surface area contributed by atoms with Crippen LogP contribution in [0.1, 0.15) is 44.3 Å². The number of ether oxygens (including phenoxy) is 1. The third-order valence-electron chi connectivity index (χ3n) is 5.34. The van der Waals surface area contributed by atoms with E-state index < -0.39 is 0 Å². The van der Waals surface area contributed by atoms with Gasteiger partial charge in [0.2, 0.25) is 0 Å². The summed E-state index contributed by atoms with van der Waals surface area (Å²) in [6.45, 7) is 2.89. The summed E-state index contributed by atoms with van der Waals surface area (Å²) in [5.41, 5.74) is 8.39. The Balaban J connectivity index is 1.65. The van der Waals surface area contributed by atoms with Crippen molar-refractivity contribution in [2.24, 2.45) is 12.8 Å². The molecular weight excluding hydrogens is 352 g/mol. The van der Waals surface area contributed by atoms with Crippen molar-refractivity contribution in [1.82, 2.24) is 24.5 Å². The van der Waals surface area contributed by atoms with Crippen LogP contribution in [0.15, 0.2) is 42.7 Å². The van der Waals surface area contributed by atoms with Gasteiger partial charge in [-0.3, -0.25) is 4.68 Å². The molecular formula is C21H28N6O. The first-order valence-corrected chi connectivity index (χ1v) is 10.0. The molecule has 0 aliphatic heterocycles. The van der Waals surface area contributed by atoms with Crippen LogP contribution >= 0.6 is 0 Å². The van der Waals surface area contributed by atoms with Crippen molar-refractivity contribution in [1.29, 1.82) is 0 Å². The minimum atomic E-state index is 0.0181. The zero-order chi connectivity index (χ0) is 19.5. The van der Waals surface area contributed by atoms with Gasteiger partial charge in [0.1, 0.15) is 11.5 Å². The van der Waals surface area contributed by atoms with E-state index in [0.29, 0.717) is 0 Å². The van der Waals surface area contributed by atoms with Crippen LogP contribution in [0.3, 0.4) is 0 Å². The molecule has 4 rings (SSSR count). The third kappa shape index (κ3) is 3.86. The molecule has 1 saturated carbocycles. The van der Waals surface area contributed by atoms with Gasteiger partial charge in [-0.1, -0.05) is 37.3 Å². The quantitative estimate of drug-likeness (QED) is 0.710. The Morgan fingerprint density at radius 3 is 2.71 bits per heavy atom. The molecule has 2 heterocycles. The molecule has 28 heavy (non-hydrogen) atoms. The SMILES string of the molecule is CCCO[C@@H]1CC[C@H](c2nc(-c3ccccc3)nn2-c2cnn(C)c2)C[C@H]1N. The lowest BCUT2D eigenvalue weighted by atomic mass is 9.83. The van der Waals surface area contributed by atoms with Crippen LogP contribution in [-0.4, -0.2) is 43.3 Å². The second kappa shape index (κ2) is 8.24. The molecule has 1 aliphatic rings. The normalized spacial score (nSPS) is 22.5. The van der Waals surface area contributed by atoms with Crippen molar-refractivity contribution in [2.75, 3.05) is 6.61 Å². The van der Waals surface area contributed by atoms with E-state index in [2.05, 4.69) is 12.0 Å². The molecule has 2 N–H and O–H groups in total. The van der Waals surface area contributed by atoms with Gasteiger partial charge in [-0.05, 0) is 25.7 Å². The molecule has 2 aromatic heterocycles. The Labute approximate surface area is 165 Å². The number of hydrogen-bond acceptors (Lipinski definition) is 5. The molecule has 7 nitrogen and oxygen atoms in total. The van der Waals surface area contributed by atoms with E-state index >= 15 is 0 Å². The largest absolute Gasteiger partial charge is 0.377 e. The predicted octanol–water partition coefficient (Wildman–Crippen LogP) is 3.06. The first-order valence-electron chi connectivity index (χ1n) is 10.0. The summed E-state index contributed by atoms with van der Waals surface area (Å²) in [5, 5.41) is 9.12. The Hall–Kier alpha value is -2.51. The monoisotopic (exact) mass is 380 g/mol. The lowest BCUT2D eigenvalue weighted by Crippen LogP contribution is -2.42. The van der Waals surface area contributed by atoms with E-state index in [1.54, 1.807) is 4.68 Å². The Kier molecular flexibility index (Phi) is 5.54. The molecule has 148 valence electrons. The van der Waals surface area contributed by atoms with E-state index in [9.17, 15) is 0 Å². The third-order valence-corrected chi connectivity index (χ3v) is 5.34. The molecule has 1 fully saturated rings. The lowest BCUT2D eigenvalue weighted by Gasteiger charge is -2.33. The van der Waals surface area contributed by atoms with Crippen LogP contribution < -0.4 is 5.73 Å². The molecule has 7 heteroatoms. The average Bonchev–Trinajstić information content (AvgIpc) is 3.34. The maximum Gasteiger partial charge on any atom is 0.181 e. The molecule has 0 bridgehead atoms. The Morgan fingerprint density at radius 2 is 2.04 bits per heavy atom. The molecule has 1 aliphatic carbocycles. The van der Waals surface area contributed by atoms with Gasteiger partial charge in [0.05, 0.1) is 18.5 Å². The minimum absolute atomic E-state index is 0.0181. The molecule has 0 spiro atoms. The van der Waals surface area contributed by atoms with E-state index in [-0.39, 0.29) is 18.1 Å². The molecule has 0 unspecified atom stereocenters. The summed E-state index contributed by atoms with van der Waals surface area (Å²) >= 11 is 0. The van der Waals surface area contributed by atoms with Crippen molar-refractivity contribution in [3.63, 3.8) is 0 Å². The Morgan fingerprint density at radius 1 is 1.21 bits per heavy atom. The molecule has 0 saturated heterocycles. The van der Waals surface area contributed by atoms with Gasteiger partial charge in [0, 0.05) is 31.2 Å². The highest BCUT2D eigenvalue weighted by atomic mass is 16.5. The zero-order valence-electron chi connectivity index (χ0n) is 16.5. The van der Waals surface area contributed by atoms with Crippen molar-refractivity contribution in [2.45, 2.75) is 50.7 Å². The number of rotatable bonds is 6. The topological polar surface area (TPSA) is 83.8 Å². The van der Waals surface area contributed by atoms with E-state index in [1.165, 1.54) is 0 Å². The fraction of sp³-hybridized carbons (Fsp3) is 0.476. The molecule has 1 aromatic carbocycles. The van der Waals surface area contributed by atoms with Gasteiger partial charge in [-0.25, -0.2) is 9.67 Å². The number of aryl methyl sites for hydroxylation is 1. The number of nitrogens with two attached hydrogens (primary N) is 1. The van der Waals surface area contributed by atoms with Gasteiger partial charge in [-0.2, -0.15) is 5.10 Å². The van der Waals surface area contributed by atoms with Crippen molar-refractivity contribution >= 4 is 0 Å². The Bertz CT molecular complexity index is 903. The van der Waals surface area contributed by atoms with Crippen LogP contribution in [0.4, 0.5) is 0 Å². The maximum absolute atomic E-state index is 6.46. The number of benzene rings is 1. The van der Waals surface area contributed by atoms with Crippen LogP contribution in [-0.2, 0) is 11.8 Å². The van der Waals surface area contributed by atoms with Crippen molar-refractivity contribution in [3.8, 4) is 17.1 Å². The minimum Gasteiger partial charge on any atom is -0.377 e. The highest BCUT2D eigenvalue weighted by Gasteiger charge is 2.33. The van der Waals surface area contributed by atoms with Crippen LogP contribution in [0, 0.1) is 0 Å². The van der Waals surface area contributed by atoms with Gasteiger partial charge in [0.15, 0.2) is 5.82 Å². The fourth-order valence-corrected chi connectivity index (χ4v) is 3.89. The lowest BCUT2D eigenvalue weighted by molar-refractivity contribution is 0.0108. The van der Waals surface area contributed by atoms with Gasteiger partial charge in [-0.15, -0.1) is 5.10 Å². The van der Waals surface area contributed by atoms with Crippen LogP contribution in [0.5, 0.6) is 0 Å². The standard InChI is InChI=1S/C21H28N6O/c1-3-11-28-19-10-9-16(12-18(19)22)21-24-20(15-7-5-4-6-8-15)25-27(21)17-13-23-26(2)14-17/h4-8,13-14,16,18-19H,3,9-12,22H2,1-2H3/t16-,18+,19+/m0/s1. The second-order valence-corrected chi connectivity index (χ2v) is 7.53. The highest BCUT2D eigenvalue weighted by Crippen LogP contribution is 2.34. The zero-order valence-corrected chi connectivity index (χ0v) is 16.5. The summed E-state index contributed by atoms with van der Waals surface area (Å²) in [6.07, 6.45) is 7.73. The molecule has 3 aromatic rings. The number of hydrogen-bond donors (Lipinski definition) is 1.